The van der Waals surface area contributed by atoms with Crippen molar-refractivity contribution in [3.05, 3.63) is 70.9 Å². The van der Waals surface area contributed by atoms with Crippen molar-refractivity contribution in [2.45, 2.75) is 26.7 Å². The Labute approximate surface area is 148 Å². The SMILES string of the molecule is Cc1ccc(NC(=O)/C(C#N)=C\N2CCCc3ccccc32)c(C)c1. The van der Waals surface area contributed by atoms with E-state index in [0.29, 0.717) is 0 Å². The zero-order chi connectivity index (χ0) is 17.8. The van der Waals surface area contributed by atoms with Gasteiger partial charge in [0.2, 0.25) is 0 Å². The number of carbonyl (C=O) groups is 1. The number of nitriles is 1. The summed E-state index contributed by atoms with van der Waals surface area (Å²) in [6.07, 6.45) is 3.69. The molecule has 1 heterocycles. The number of para-hydroxylation sites is 1. The second-order valence-corrected chi connectivity index (χ2v) is 6.35. The first-order valence-electron chi connectivity index (χ1n) is 8.43. The lowest BCUT2D eigenvalue weighted by molar-refractivity contribution is -0.112. The summed E-state index contributed by atoms with van der Waals surface area (Å²) in [6, 6.07) is 16.0. The molecule has 0 atom stereocenters. The van der Waals surface area contributed by atoms with E-state index in [0.717, 1.165) is 41.9 Å². The maximum Gasteiger partial charge on any atom is 0.267 e. The monoisotopic (exact) mass is 331 g/mol. The van der Waals surface area contributed by atoms with Crippen LogP contribution < -0.4 is 10.2 Å². The summed E-state index contributed by atoms with van der Waals surface area (Å²) in [5.41, 5.74) is 5.27. The Balaban J connectivity index is 1.84. The molecule has 1 N–H and O–H groups in total. The van der Waals surface area contributed by atoms with E-state index in [2.05, 4.69) is 11.4 Å². The van der Waals surface area contributed by atoms with E-state index in [1.54, 1.807) is 6.20 Å². The van der Waals surface area contributed by atoms with Crippen LogP contribution in [0.2, 0.25) is 0 Å². The Morgan fingerprint density at radius 3 is 2.80 bits per heavy atom. The first kappa shape index (κ1) is 16.8. The molecule has 0 radical (unpaired) electrons. The molecule has 0 spiro atoms. The Morgan fingerprint density at radius 2 is 2.04 bits per heavy atom. The number of amides is 1. The van der Waals surface area contributed by atoms with Crippen LogP contribution in [0.3, 0.4) is 0 Å². The van der Waals surface area contributed by atoms with Crippen LogP contribution in [0.5, 0.6) is 0 Å². The van der Waals surface area contributed by atoms with Crippen LogP contribution in [0.1, 0.15) is 23.1 Å². The molecule has 0 saturated heterocycles. The van der Waals surface area contributed by atoms with E-state index in [4.69, 9.17) is 0 Å². The molecule has 4 nitrogen and oxygen atoms in total. The third kappa shape index (κ3) is 3.72. The highest BCUT2D eigenvalue weighted by molar-refractivity contribution is 6.07. The molecule has 0 fully saturated rings. The second-order valence-electron chi connectivity index (χ2n) is 6.35. The molecule has 1 aliphatic rings. The molecule has 126 valence electrons. The summed E-state index contributed by atoms with van der Waals surface area (Å²) in [5.74, 6) is -0.377. The fourth-order valence-electron chi connectivity index (χ4n) is 3.13. The smallest absolute Gasteiger partial charge is 0.267 e. The summed E-state index contributed by atoms with van der Waals surface area (Å²) >= 11 is 0. The molecule has 0 aliphatic carbocycles. The number of nitrogens with one attached hydrogen (secondary N) is 1. The molecule has 4 heteroatoms. The zero-order valence-corrected chi connectivity index (χ0v) is 14.5. The summed E-state index contributed by atoms with van der Waals surface area (Å²) in [7, 11) is 0. The molecule has 0 aromatic heterocycles. The van der Waals surface area contributed by atoms with Crippen LogP contribution in [0.15, 0.2) is 54.2 Å². The van der Waals surface area contributed by atoms with Crippen LogP contribution in [0.4, 0.5) is 11.4 Å². The number of hydrogen-bond acceptors (Lipinski definition) is 3. The van der Waals surface area contributed by atoms with Gasteiger partial charge in [-0.15, -0.1) is 0 Å². The Hall–Kier alpha value is -3.06. The summed E-state index contributed by atoms with van der Waals surface area (Å²) in [6.45, 7) is 4.76. The van der Waals surface area contributed by atoms with Crippen LogP contribution in [-0.4, -0.2) is 12.5 Å². The van der Waals surface area contributed by atoms with Gasteiger partial charge in [-0.1, -0.05) is 35.9 Å². The minimum Gasteiger partial charge on any atom is -0.346 e. The standard InChI is InChI=1S/C21H21N3O/c1-15-9-10-19(16(2)12-15)23-21(25)18(13-22)14-24-11-5-7-17-6-3-4-8-20(17)24/h3-4,6,8-10,12,14H,5,7,11H2,1-2H3,(H,23,25)/b18-14-. The predicted octanol–water partition coefficient (Wildman–Crippen LogP) is 4.10. The van der Waals surface area contributed by atoms with Gasteiger partial charge in [0, 0.05) is 24.1 Å². The maximum absolute atomic E-state index is 12.5. The van der Waals surface area contributed by atoms with E-state index in [1.165, 1.54) is 5.56 Å². The fourth-order valence-corrected chi connectivity index (χ4v) is 3.13. The van der Waals surface area contributed by atoms with Crippen LogP contribution >= 0.6 is 0 Å². The molecule has 25 heavy (non-hydrogen) atoms. The van der Waals surface area contributed by atoms with Crippen molar-refractivity contribution < 1.29 is 4.79 Å². The summed E-state index contributed by atoms with van der Waals surface area (Å²) in [4.78, 5) is 14.5. The Morgan fingerprint density at radius 1 is 1.24 bits per heavy atom. The summed E-state index contributed by atoms with van der Waals surface area (Å²) in [5, 5.41) is 12.3. The number of carbonyl (C=O) groups excluding carboxylic acids is 1. The quantitative estimate of drug-likeness (QED) is 0.680. The van der Waals surface area contributed by atoms with Gasteiger partial charge in [-0.2, -0.15) is 5.26 Å². The minimum atomic E-state index is -0.377. The average Bonchev–Trinajstić information content (AvgIpc) is 2.62. The summed E-state index contributed by atoms with van der Waals surface area (Å²) < 4.78 is 0. The molecule has 0 bridgehead atoms. The highest BCUT2D eigenvalue weighted by atomic mass is 16.1. The highest BCUT2D eigenvalue weighted by Gasteiger charge is 2.18. The fraction of sp³-hybridized carbons (Fsp3) is 0.238. The number of nitrogens with zero attached hydrogens (tertiary/aromatic N) is 2. The third-order valence-electron chi connectivity index (χ3n) is 4.43. The van der Waals surface area contributed by atoms with E-state index < -0.39 is 0 Å². The van der Waals surface area contributed by atoms with E-state index in [-0.39, 0.29) is 11.5 Å². The predicted molar refractivity (Wildman–Crippen MR) is 100 cm³/mol. The van der Waals surface area contributed by atoms with Crippen molar-refractivity contribution in [2.24, 2.45) is 0 Å². The van der Waals surface area contributed by atoms with Crippen molar-refractivity contribution in [3.8, 4) is 6.07 Å². The van der Waals surface area contributed by atoms with Crippen molar-refractivity contribution in [1.82, 2.24) is 0 Å². The van der Waals surface area contributed by atoms with Crippen molar-refractivity contribution in [2.75, 3.05) is 16.8 Å². The molecule has 0 unspecified atom stereocenters. The minimum absolute atomic E-state index is 0.108. The zero-order valence-electron chi connectivity index (χ0n) is 14.5. The van der Waals surface area contributed by atoms with Gasteiger partial charge < -0.3 is 10.2 Å². The highest BCUT2D eigenvalue weighted by Crippen LogP contribution is 2.27. The molecule has 2 aromatic rings. The number of rotatable bonds is 3. The lowest BCUT2D eigenvalue weighted by Gasteiger charge is -2.28. The lowest BCUT2D eigenvalue weighted by Crippen LogP contribution is -2.26. The lowest BCUT2D eigenvalue weighted by atomic mass is 10.0. The molecule has 1 aliphatic heterocycles. The van der Waals surface area contributed by atoms with Crippen LogP contribution in [0.25, 0.3) is 0 Å². The first-order chi connectivity index (χ1) is 12.1. The average molecular weight is 331 g/mol. The van der Waals surface area contributed by atoms with Crippen molar-refractivity contribution in [3.63, 3.8) is 0 Å². The first-order valence-corrected chi connectivity index (χ1v) is 8.43. The van der Waals surface area contributed by atoms with E-state index in [1.807, 2.05) is 61.2 Å². The number of aryl methyl sites for hydroxylation is 3. The van der Waals surface area contributed by atoms with Crippen LogP contribution in [0, 0.1) is 25.2 Å². The normalized spacial score (nSPS) is 13.8. The second kappa shape index (κ2) is 7.23. The van der Waals surface area contributed by atoms with E-state index in [9.17, 15) is 10.1 Å². The molecule has 3 rings (SSSR count). The van der Waals surface area contributed by atoms with Crippen molar-refractivity contribution in [1.29, 1.82) is 5.26 Å². The third-order valence-corrected chi connectivity index (χ3v) is 4.43. The van der Waals surface area contributed by atoms with Gasteiger partial charge in [-0.25, -0.2) is 0 Å². The van der Waals surface area contributed by atoms with Gasteiger partial charge in [0.15, 0.2) is 0 Å². The Kier molecular flexibility index (Phi) is 4.85. The molecular weight excluding hydrogens is 310 g/mol. The number of fused-ring (bicyclic) bond motifs is 1. The number of hydrogen-bond donors (Lipinski definition) is 1. The number of anilines is 2. The van der Waals surface area contributed by atoms with Gasteiger partial charge in [-0.05, 0) is 49.9 Å². The van der Waals surface area contributed by atoms with Gasteiger partial charge in [-0.3, -0.25) is 4.79 Å². The van der Waals surface area contributed by atoms with Crippen LogP contribution in [-0.2, 0) is 11.2 Å². The molecule has 1 amide bonds. The van der Waals surface area contributed by atoms with Gasteiger partial charge in [0.25, 0.3) is 5.91 Å². The molecular formula is C21H21N3O. The Bertz CT molecular complexity index is 877. The number of benzene rings is 2. The molecule has 0 saturated carbocycles. The topological polar surface area (TPSA) is 56.1 Å². The van der Waals surface area contributed by atoms with Gasteiger partial charge >= 0.3 is 0 Å². The van der Waals surface area contributed by atoms with Gasteiger partial charge in [0.05, 0.1) is 0 Å². The van der Waals surface area contributed by atoms with Gasteiger partial charge in [0.1, 0.15) is 11.6 Å². The van der Waals surface area contributed by atoms with E-state index >= 15 is 0 Å². The largest absolute Gasteiger partial charge is 0.346 e. The van der Waals surface area contributed by atoms with Crippen molar-refractivity contribution >= 4 is 17.3 Å². The maximum atomic E-state index is 12.5. The molecule has 2 aromatic carbocycles.